The topological polar surface area (TPSA) is 53.8 Å². The Bertz CT molecular complexity index is 782. The Labute approximate surface area is 168 Å². The summed E-state index contributed by atoms with van der Waals surface area (Å²) in [5.74, 6) is 1.98. The Kier molecular flexibility index (Phi) is 6.01. The number of hydrogen-bond acceptors (Lipinski definition) is 5. The second-order valence-electron chi connectivity index (χ2n) is 8.63. The van der Waals surface area contributed by atoms with E-state index in [1.807, 2.05) is 0 Å². The molecule has 0 amide bonds. The van der Waals surface area contributed by atoms with E-state index >= 15 is 0 Å². The normalized spacial score (nSPS) is 29.7. The first-order valence-electron chi connectivity index (χ1n) is 10.7. The summed E-state index contributed by atoms with van der Waals surface area (Å²) in [6.07, 6.45) is 0.580. The molecule has 0 spiro atoms. The standard InChI is InChI=1S/C22H34N4O2/c1-4-26-21-8-6-5-7-20(21)23-22(26)14-25-12-18(19(13-25)15-27)11-24-9-16(2)28-17(3)10-24/h5-8,16-19,27H,4,9-15H2,1-3H3/t16-,17+,18-,19-/m1/s1. The van der Waals surface area contributed by atoms with Gasteiger partial charge >= 0.3 is 0 Å². The smallest absolute Gasteiger partial charge is 0.124 e. The molecule has 1 N–H and O–H groups in total. The highest BCUT2D eigenvalue weighted by Crippen LogP contribution is 2.27. The minimum absolute atomic E-state index is 0.265. The predicted molar refractivity (Wildman–Crippen MR) is 111 cm³/mol. The number of aliphatic hydroxyl groups is 1. The van der Waals surface area contributed by atoms with Crippen LogP contribution in [0.25, 0.3) is 11.0 Å². The molecule has 1 aromatic heterocycles. The lowest BCUT2D eigenvalue weighted by atomic mass is 9.96. The monoisotopic (exact) mass is 386 g/mol. The van der Waals surface area contributed by atoms with E-state index in [1.54, 1.807) is 0 Å². The van der Waals surface area contributed by atoms with Crippen LogP contribution in [-0.4, -0.2) is 76.0 Å². The van der Waals surface area contributed by atoms with E-state index in [9.17, 15) is 5.11 Å². The van der Waals surface area contributed by atoms with Crippen LogP contribution in [0.2, 0.25) is 0 Å². The first-order chi connectivity index (χ1) is 13.6. The molecule has 4 rings (SSSR count). The van der Waals surface area contributed by atoms with Crippen LogP contribution in [0.4, 0.5) is 0 Å². The molecule has 3 heterocycles. The van der Waals surface area contributed by atoms with Crippen molar-refractivity contribution in [3.05, 3.63) is 30.1 Å². The van der Waals surface area contributed by atoms with Crippen LogP contribution in [0.3, 0.4) is 0 Å². The summed E-state index contributed by atoms with van der Waals surface area (Å²) in [5.41, 5.74) is 2.29. The molecule has 2 aliphatic heterocycles. The molecule has 2 aliphatic rings. The lowest BCUT2D eigenvalue weighted by molar-refractivity contribution is -0.0727. The van der Waals surface area contributed by atoms with E-state index in [-0.39, 0.29) is 6.61 Å². The van der Waals surface area contributed by atoms with Crippen LogP contribution in [0.1, 0.15) is 26.6 Å². The second kappa shape index (κ2) is 8.49. The van der Waals surface area contributed by atoms with Crippen molar-refractivity contribution < 1.29 is 9.84 Å². The van der Waals surface area contributed by atoms with Gasteiger partial charge in [-0.25, -0.2) is 4.98 Å². The number of aliphatic hydroxyl groups excluding tert-OH is 1. The third kappa shape index (κ3) is 4.10. The SMILES string of the molecule is CCn1c(CN2C[C@H](CO)[C@H](CN3C[C@@H](C)O[C@@H](C)C3)C2)nc2ccccc21. The third-order valence-electron chi connectivity index (χ3n) is 6.29. The minimum atomic E-state index is 0.265. The molecule has 0 bridgehead atoms. The summed E-state index contributed by atoms with van der Waals surface area (Å²) in [6, 6.07) is 8.38. The Morgan fingerprint density at radius 3 is 2.46 bits per heavy atom. The van der Waals surface area contributed by atoms with E-state index in [2.05, 4.69) is 59.4 Å². The Morgan fingerprint density at radius 2 is 1.75 bits per heavy atom. The molecule has 154 valence electrons. The van der Waals surface area contributed by atoms with Crippen LogP contribution in [-0.2, 0) is 17.8 Å². The van der Waals surface area contributed by atoms with E-state index < -0.39 is 0 Å². The molecule has 0 aliphatic carbocycles. The third-order valence-corrected chi connectivity index (χ3v) is 6.29. The zero-order chi connectivity index (χ0) is 19.7. The van der Waals surface area contributed by atoms with Gasteiger partial charge in [-0.15, -0.1) is 0 Å². The van der Waals surface area contributed by atoms with Gasteiger partial charge in [-0.2, -0.15) is 0 Å². The number of rotatable bonds is 6. The summed E-state index contributed by atoms with van der Waals surface area (Å²) >= 11 is 0. The molecule has 0 radical (unpaired) electrons. The highest BCUT2D eigenvalue weighted by molar-refractivity contribution is 5.75. The molecule has 0 unspecified atom stereocenters. The van der Waals surface area contributed by atoms with E-state index in [1.165, 1.54) is 5.52 Å². The number of benzene rings is 1. The van der Waals surface area contributed by atoms with Gasteiger partial charge in [0.1, 0.15) is 5.82 Å². The first kappa shape index (κ1) is 19.8. The van der Waals surface area contributed by atoms with Crippen LogP contribution in [0.15, 0.2) is 24.3 Å². The number of nitrogens with zero attached hydrogens (tertiary/aromatic N) is 4. The number of aryl methyl sites for hydroxylation is 1. The quantitative estimate of drug-likeness (QED) is 0.825. The largest absolute Gasteiger partial charge is 0.396 e. The first-order valence-corrected chi connectivity index (χ1v) is 10.7. The van der Waals surface area contributed by atoms with Gasteiger partial charge in [0.25, 0.3) is 0 Å². The molecular formula is C22H34N4O2. The lowest BCUT2D eigenvalue weighted by Gasteiger charge is -2.37. The molecule has 6 heteroatoms. The molecule has 28 heavy (non-hydrogen) atoms. The van der Waals surface area contributed by atoms with E-state index in [0.717, 1.165) is 57.2 Å². The molecule has 2 fully saturated rings. The maximum absolute atomic E-state index is 9.98. The van der Waals surface area contributed by atoms with Crippen molar-refractivity contribution >= 4 is 11.0 Å². The van der Waals surface area contributed by atoms with Crippen molar-refractivity contribution in [1.29, 1.82) is 0 Å². The van der Waals surface area contributed by atoms with Gasteiger partial charge in [0, 0.05) is 45.9 Å². The Hall–Kier alpha value is -1.47. The van der Waals surface area contributed by atoms with Crippen molar-refractivity contribution in [2.45, 2.75) is 46.1 Å². The fourth-order valence-corrected chi connectivity index (χ4v) is 5.14. The van der Waals surface area contributed by atoms with Crippen LogP contribution >= 0.6 is 0 Å². The number of para-hydroxylation sites is 2. The number of likely N-dealkylation sites (tertiary alicyclic amines) is 1. The van der Waals surface area contributed by atoms with Crippen molar-refractivity contribution in [2.24, 2.45) is 11.8 Å². The maximum atomic E-state index is 9.98. The van der Waals surface area contributed by atoms with Crippen molar-refractivity contribution in [3.8, 4) is 0 Å². The van der Waals surface area contributed by atoms with Gasteiger partial charge in [-0.05, 0) is 44.7 Å². The molecule has 1 aromatic carbocycles. The van der Waals surface area contributed by atoms with Crippen LogP contribution in [0.5, 0.6) is 0 Å². The highest BCUT2D eigenvalue weighted by Gasteiger charge is 2.35. The van der Waals surface area contributed by atoms with Crippen molar-refractivity contribution in [2.75, 3.05) is 39.3 Å². The summed E-state index contributed by atoms with van der Waals surface area (Å²) in [7, 11) is 0. The summed E-state index contributed by atoms with van der Waals surface area (Å²) < 4.78 is 8.20. The molecule has 4 atom stereocenters. The summed E-state index contributed by atoms with van der Waals surface area (Å²) in [4.78, 5) is 9.89. The molecule has 2 aromatic rings. The van der Waals surface area contributed by atoms with Gasteiger partial charge in [0.2, 0.25) is 0 Å². The second-order valence-corrected chi connectivity index (χ2v) is 8.63. The molecule has 0 saturated carbocycles. The molecule has 2 saturated heterocycles. The Morgan fingerprint density at radius 1 is 1.04 bits per heavy atom. The number of aromatic nitrogens is 2. The maximum Gasteiger partial charge on any atom is 0.124 e. The zero-order valence-electron chi connectivity index (χ0n) is 17.4. The average Bonchev–Trinajstić information content (AvgIpc) is 3.20. The van der Waals surface area contributed by atoms with Crippen LogP contribution in [0, 0.1) is 11.8 Å². The lowest BCUT2D eigenvalue weighted by Crippen LogP contribution is -2.48. The van der Waals surface area contributed by atoms with E-state index in [0.29, 0.717) is 24.0 Å². The predicted octanol–water partition coefficient (Wildman–Crippen LogP) is 2.21. The van der Waals surface area contributed by atoms with E-state index in [4.69, 9.17) is 9.72 Å². The number of imidazole rings is 1. The molecule has 6 nitrogen and oxygen atoms in total. The van der Waals surface area contributed by atoms with Gasteiger partial charge in [-0.1, -0.05) is 12.1 Å². The average molecular weight is 387 g/mol. The van der Waals surface area contributed by atoms with Gasteiger partial charge in [0.15, 0.2) is 0 Å². The zero-order valence-corrected chi connectivity index (χ0v) is 17.4. The van der Waals surface area contributed by atoms with Crippen molar-refractivity contribution in [1.82, 2.24) is 19.4 Å². The van der Waals surface area contributed by atoms with Gasteiger partial charge < -0.3 is 14.4 Å². The summed E-state index contributed by atoms with van der Waals surface area (Å²) in [6.45, 7) is 13.5. The van der Waals surface area contributed by atoms with Crippen LogP contribution < -0.4 is 0 Å². The highest BCUT2D eigenvalue weighted by atomic mass is 16.5. The Balaban J connectivity index is 1.44. The van der Waals surface area contributed by atoms with Gasteiger partial charge in [0.05, 0.1) is 29.8 Å². The minimum Gasteiger partial charge on any atom is -0.396 e. The fraction of sp³-hybridized carbons (Fsp3) is 0.682. The number of ether oxygens (including phenoxy) is 1. The number of fused-ring (bicyclic) bond motifs is 1. The van der Waals surface area contributed by atoms with Gasteiger partial charge in [-0.3, -0.25) is 9.80 Å². The van der Waals surface area contributed by atoms with Crippen molar-refractivity contribution in [3.63, 3.8) is 0 Å². The summed E-state index contributed by atoms with van der Waals surface area (Å²) in [5, 5.41) is 9.98. The molecular weight excluding hydrogens is 352 g/mol. The fourth-order valence-electron chi connectivity index (χ4n) is 5.14. The number of hydrogen-bond donors (Lipinski definition) is 1. The number of morpholine rings is 1.